The fourth-order valence-electron chi connectivity index (χ4n) is 4.20. The number of fused-ring (bicyclic) bond motifs is 1. The molecule has 0 bridgehead atoms. The van der Waals surface area contributed by atoms with Crippen molar-refractivity contribution in [2.45, 2.75) is 50.3 Å². The van der Waals surface area contributed by atoms with Crippen LogP contribution in [0.15, 0.2) is 60.8 Å². The number of anilines is 1. The maximum absolute atomic E-state index is 11.8. The van der Waals surface area contributed by atoms with E-state index in [0.29, 0.717) is 16.9 Å². The molecule has 2 aliphatic heterocycles. The fourth-order valence-corrected chi connectivity index (χ4v) is 4.20. The average molecular weight is 408 g/mol. The van der Waals surface area contributed by atoms with Crippen molar-refractivity contribution in [1.29, 1.82) is 0 Å². The van der Waals surface area contributed by atoms with Gasteiger partial charge in [-0.3, -0.25) is 0 Å². The van der Waals surface area contributed by atoms with Gasteiger partial charge in [0.15, 0.2) is 12.1 Å². The summed E-state index contributed by atoms with van der Waals surface area (Å²) in [5.74, 6) is -0.837. The highest BCUT2D eigenvalue weighted by atomic mass is 16.8. The molecule has 30 heavy (non-hydrogen) atoms. The molecular weight excluding hydrogens is 384 g/mol. The van der Waals surface area contributed by atoms with Gasteiger partial charge in [-0.05, 0) is 31.5 Å². The second-order valence-electron chi connectivity index (χ2n) is 8.19. The lowest BCUT2D eigenvalue weighted by molar-refractivity contribution is -0.233. The van der Waals surface area contributed by atoms with Crippen LogP contribution in [0.2, 0.25) is 0 Å². The second kappa shape index (κ2) is 6.88. The van der Waals surface area contributed by atoms with Gasteiger partial charge in [-0.25, -0.2) is 4.68 Å². The van der Waals surface area contributed by atoms with Gasteiger partial charge in [0.1, 0.15) is 23.5 Å². The normalized spacial score (nSPS) is 29.8. The van der Waals surface area contributed by atoms with E-state index in [1.807, 2.05) is 74.6 Å². The first-order valence-corrected chi connectivity index (χ1v) is 9.90. The zero-order valence-corrected chi connectivity index (χ0v) is 16.8. The van der Waals surface area contributed by atoms with Gasteiger partial charge in [-0.1, -0.05) is 47.7 Å². The van der Waals surface area contributed by atoms with E-state index in [1.54, 1.807) is 4.68 Å². The van der Waals surface area contributed by atoms with Crippen LogP contribution in [0.3, 0.4) is 0 Å². The molecule has 3 heterocycles. The van der Waals surface area contributed by atoms with E-state index in [1.165, 1.54) is 0 Å². The standard InChI is InChI=1S/C22H24N4O4/c1-21(2)29-19-20(30-21)28-18(22(19,27)15-8-4-3-5-9-15)13-26-12-17(24-25-26)14-7-6-10-16(23)11-14/h3-12,18-20,27H,13,23H2,1-2H3/t18-,19+,20-,22-/m1/s1. The molecule has 0 unspecified atom stereocenters. The quantitative estimate of drug-likeness (QED) is 0.638. The first kappa shape index (κ1) is 19.2. The predicted octanol–water partition coefficient (Wildman–Crippen LogP) is 2.29. The van der Waals surface area contributed by atoms with E-state index in [-0.39, 0.29) is 6.54 Å². The average Bonchev–Trinajstić information content (AvgIpc) is 3.37. The van der Waals surface area contributed by atoms with Crippen molar-refractivity contribution in [2.24, 2.45) is 0 Å². The van der Waals surface area contributed by atoms with Gasteiger partial charge in [0.05, 0.1) is 12.7 Å². The highest BCUT2D eigenvalue weighted by molar-refractivity contribution is 5.62. The Labute approximate surface area is 174 Å². The number of nitrogens with two attached hydrogens (primary N) is 1. The lowest BCUT2D eigenvalue weighted by atomic mass is 9.84. The Hall–Kier alpha value is -2.78. The molecule has 5 rings (SSSR count). The molecule has 2 fully saturated rings. The summed E-state index contributed by atoms with van der Waals surface area (Å²) in [6.07, 6.45) is -0.158. The first-order chi connectivity index (χ1) is 14.3. The molecule has 3 N–H and O–H groups in total. The molecule has 8 nitrogen and oxygen atoms in total. The van der Waals surface area contributed by atoms with Crippen molar-refractivity contribution < 1.29 is 19.3 Å². The molecule has 0 spiro atoms. The van der Waals surface area contributed by atoms with E-state index in [4.69, 9.17) is 19.9 Å². The lowest BCUT2D eigenvalue weighted by Crippen LogP contribution is -2.47. The van der Waals surface area contributed by atoms with Crippen LogP contribution in [-0.2, 0) is 26.4 Å². The summed E-state index contributed by atoms with van der Waals surface area (Å²) < 4.78 is 19.7. The number of hydrogen-bond acceptors (Lipinski definition) is 7. The van der Waals surface area contributed by atoms with E-state index < -0.39 is 29.9 Å². The molecule has 2 saturated heterocycles. The Morgan fingerprint density at radius 3 is 2.67 bits per heavy atom. The van der Waals surface area contributed by atoms with Crippen LogP contribution in [0.4, 0.5) is 5.69 Å². The van der Waals surface area contributed by atoms with Crippen molar-refractivity contribution in [1.82, 2.24) is 15.0 Å². The van der Waals surface area contributed by atoms with E-state index in [0.717, 1.165) is 5.56 Å². The predicted molar refractivity (Wildman–Crippen MR) is 109 cm³/mol. The van der Waals surface area contributed by atoms with Crippen LogP contribution < -0.4 is 5.73 Å². The van der Waals surface area contributed by atoms with E-state index in [2.05, 4.69) is 10.3 Å². The molecule has 0 amide bonds. The van der Waals surface area contributed by atoms with Crippen LogP contribution >= 0.6 is 0 Å². The molecule has 2 aliphatic rings. The molecule has 0 saturated carbocycles. The van der Waals surface area contributed by atoms with Crippen molar-refractivity contribution in [3.63, 3.8) is 0 Å². The summed E-state index contributed by atoms with van der Waals surface area (Å²) in [5.41, 5.74) is 7.40. The smallest absolute Gasteiger partial charge is 0.191 e. The minimum atomic E-state index is -1.40. The van der Waals surface area contributed by atoms with Crippen molar-refractivity contribution in [3.8, 4) is 11.3 Å². The van der Waals surface area contributed by atoms with Gasteiger partial charge in [0.2, 0.25) is 0 Å². The number of benzene rings is 2. The Bertz CT molecular complexity index is 1050. The number of hydrogen-bond donors (Lipinski definition) is 2. The van der Waals surface area contributed by atoms with Gasteiger partial charge in [-0.15, -0.1) is 5.10 Å². The first-order valence-electron chi connectivity index (χ1n) is 9.90. The monoisotopic (exact) mass is 408 g/mol. The Morgan fingerprint density at radius 1 is 1.10 bits per heavy atom. The largest absolute Gasteiger partial charge is 0.399 e. The van der Waals surface area contributed by atoms with Gasteiger partial charge < -0.3 is 25.1 Å². The maximum atomic E-state index is 11.8. The van der Waals surface area contributed by atoms with Gasteiger partial charge in [-0.2, -0.15) is 0 Å². The number of aromatic nitrogens is 3. The summed E-state index contributed by atoms with van der Waals surface area (Å²) in [7, 11) is 0. The van der Waals surface area contributed by atoms with Crippen LogP contribution in [-0.4, -0.2) is 44.4 Å². The molecule has 0 aliphatic carbocycles. The fraction of sp³-hybridized carbons (Fsp3) is 0.364. The molecule has 156 valence electrons. The van der Waals surface area contributed by atoms with Crippen molar-refractivity contribution >= 4 is 5.69 Å². The SMILES string of the molecule is CC1(C)O[C@H]2O[C@H](Cn3cc(-c4cccc(N)c4)nn3)[C@](O)(c3ccccc3)[C@H]2O1. The summed E-state index contributed by atoms with van der Waals surface area (Å²) in [6, 6.07) is 16.9. The third-order valence-corrected chi connectivity index (χ3v) is 5.59. The second-order valence-corrected chi connectivity index (χ2v) is 8.19. The summed E-state index contributed by atoms with van der Waals surface area (Å²) in [6.45, 7) is 3.90. The van der Waals surface area contributed by atoms with Gasteiger partial charge >= 0.3 is 0 Å². The molecule has 1 aromatic heterocycles. The summed E-state index contributed by atoms with van der Waals surface area (Å²) in [4.78, 5) is 0. The van der Waals surface area contributed by atoms with Crippen molar-refractivity contribution in [3.05, 3.63) is 66.4 Å². The molecule has 8 heteroatoms. The lowest BCUT2D eigenvalue weighted by Gasteiger charge is -2.34. The van der Waals surface area contributed by atoms with Crippen LogP contribution in [0.25, 0.3) is 11.3 Å². The Balaban J connectivity index is 1.45. The molecule has 2 aromatic carbocycles. The summed E-state index contributed by atoms with van der Waals surface area (Å²) in [5, 5.41) is 20.3. The topological polar surface area (TPSA) is 105 Å². The van der Waals surface area contributed by atoms with Gasteiger partial charge in [0, 0.05) is 11.3 Å². The minimum Gasteiger partial charge on any atom is -0.399 e. The number of rotatable bonds is 4. The van der Waals surface area contributed by atoms with E-state index in [9.17, 15) is 5.11 Å². The molecule has 0 radical (unpaired) electrons. The van der Waals surface area contributed by atoms with Gasteiger partial charge in [0.25, 0.3) is 0 Å². The third kappa shape index (κ3) is 3.18. The maximum Gasteiger partial charge on any atom is 0.191 e. The highest BCUT2D eigenvalue weighted by Gasteiger charge is 2.63. The minimum absolute atomic E-state index is 0.279. The third-order valence-electron chi connectivity index (χ3n) is 5.59. The Kier molecular flexibility index (Phi) is 4.41. The number of nitrogen functional groups attached to an aromatic ring is 1. The highest BCUT2D eigenvalue weighted by Crippen LogP contribution is 2.48. The summed E-state index contributed by atoms with van der Waals surface area (Å²) >= 11 is 0. The number of ether oxygens (including phenoxy) is 3. The zero-order chi connectivity index (χ0) is 20.9. The molecule has 3 aromatic rings. The molecular formula is C22H24N4O4. The van der Waals surface area contributed by atoms with E-state index >= 15 is 0 Å². The van der Waals surface area contributed by atoms with Crippen LogP contribution in [0, 0.1) is 0 Å². The van der Waals surface area contributed by atoms with Crippen molar-refractivity contribution in [2.75, 3.05) is 5.73 Å². The zero-order valence-electron chi connectivity index (χ0n) is 16.8. The van der Waals surface area contributed by atoms with Crippen LogP contribution in [0.5, 0.6) is 0 Å². The number of aliphatic hydroxyl groups is 1. The Morgan fingerprint density at radius 2 is 1.90 bits per heavy atom. The number of nitrogens with zero attached hydrogens (tertiary/aromatic N) is 3. The van der Waals surface area contributed by atoms with Crippen LogP contribution in [0.1, 0.15) is 19.4 Å². The molecule has 4 atom stereocenters.